The van der Waals surface area contributed by atoms with E-state index in [1.165, 1.54) is 0 Å². The van der Waals surface area contributed by atoms with Gasteiger partial charge in [-0.3, -0.25) is 0 Å². The van der Waals surface area contributed by atoms with Crippen LogP contribution in [0.1, 0.15) is 5.56 Å². The largest absolute Gasteiger partial charge is 0.398 e. The highest BCUT2D eigenvalue weighted by molar-refractivity contribution is 5.45. The lowest BCUT2D eigenvalue weighted by atomic mass is 10.2. The first-order valence-corrected chi connectivity index (χ1v) is 3.89. The molecule has 0 amide bonds. The Morgan fingerprint density at radius 1 is 1.31 bits per heavy atom. The third-order valence-corrected chi connectivity index (χ3v) is 1.56. The second-order valence-corrected chi connectivity index (χ2v) is 2.61. The summed E-state index contributed by atoms with van der Waals surface area (Å²) in [6.45, 7) is -0.411. The van der Waals surface area contributed by atoms with Crippen LogP contribution in [0.4, 0.5) is 14.5 Å². The molecule has 0 aliphatic heterocycles. The third-order valence-electron chi connectivity index (χ3n) is 1.56. The fraction of sp³-hybridized carbons (Fsp3) is 0.333. The molecule has 0 bridgehead atoms. The van der Waals surface area contributed by atoms with Crippen molar-refractivity contribution in [3.05, 3.63) is 29.8 Å². The van der Waals surface area contributed by atoms with Crippen LogP contribution >= 0.6 is 0 Å². The van der Waals surface area contributed by atoms with E-state index < -0.39 is 13.0 Å². The van der Waals surface area contributed by atoms with Crippen LogP contribution in [0.2, 0.25) is 0 Å². The molecule has 0 fully saturated rings. The van der Waals surface area contributed by atoms with Crippen LogP contribution in [0.25, 0.3) is 0 Å². The van der Waals surface area contributed by atoms with E-state index in [4.69, 9.17) is 10.5 Å². The van der Waals surface area contributed by atoms with Crippen molar-refractivity contribution in [3.8, 4) is 0 Å². The molecule has 4 heteroatoms. The summed E-state index contributed by atoms with van der Waals surface area (Å²) in [7, 11) is 0. The van der Waals surface area contributed by atoms with Gasteiger partial charge in [-0.15, -0.1) is 0 Å². The molecule has 0 saturated carbocycles. The Labute approximate surface area is 75.3 Å². The highest BCUT2D eigenvalue weighted by Crippen LogP contribution is 2.11. The van der Waals surface area contributed by atoms with Crippen molar-refractivity contribution in [1.82, 2.24) is 0 Å². The number of nitrogen functional groups attached to an aromatic ring is 1. The van der Waals surface area contributed by atoms with Gasteiger partial charge in [-0.05, 0) is 6.07 Å². The lowest BCUT2D eigenvalue weighted by Crippen LogP contribution is -2.05. The summed E-state index contributed by atoms with van der Waals surface area (Å²) in [5.74, 6) is 0. The molecule has 0 spiro atoms. The molecule has 0 atom stereocenters. The van der Waals surface area contributed by atoms with Crippen LogP contribution in [0.5, 0.6) is 0 Å². The lowest BCUT2D eigenvalue weighted by molar-refractivity contribution is 0.0101. The second kappa shape index (κ2) is 4.77. The molecule has 2 nitrogen and oxygen atoms in total. The van der Waals surface area contributed by atoms with Gasteiger partial charge in [-0.2, -0.15) is 0 Å². The molecule has 0 aromatic heterocycles. The number of ether oxygens (including phenoxy) is 1. The van der Waals surface area contributed by atoms with Gasteiger partial charge < -0.3 is 10.5 Å². The predicted molar refractivity (Wildman–Crippen MR) is 46.5 cm³/mol. The van der Waals surface area contributed by atoms with Gasteiger partial charge >= 0.3 is 0 Å². The summed E-state index contributed by atoms with van der Waals surface area (Å²) in [4.78, 5) is 0. The number of halogens is 2. The SMILES string of the molecule is Nc1ccccc1COCC(F)F. The monoisotopic (exact) mass is 187 g/mol. The lowest BCUT2D eigenvalue weighted by Gasteiger charge is -2.05. The Kier molecular flexibility index (Phi) is 3.64. The van der Waals surface area contributed by atoms with Gasteiger partial charge in [0.05, 0.1) is 6.61 Å². The summed E-state index contributed by atoms with van der Waals surface area (Å²) in [6.07, 6.45) is -2.43. The average Bonchev–Trinajstić information content (AvgIpc) is 2.08. The normalized spacial score (nSPS) is 10.7. The van der Waals surface area contributed by atoms with Crippen molar-refractivity contribution >= 4 is 5.69 Å². The Balaban J connectivity index is 2.41. The van der Waals surface area contributed by atoms with Crippen molar-refractivity contribution in [1.29, 1.82) is 0 Å². The topological polar surface area (TPSA) is 35.2 Å². The molecule has 2 N–H and O–H groups in total. The van der Waals surface area contributed by atoms with Gasteiger partial charge in [0, 0.05) is 11.3 Å². The molecule has 0 radical (unpaired) electrons. The van der Waals surface area contributed by atoms with Crippen LogP contribution < -0.4 is 5.73 Å². The zero-order valence-electron chi connectivity index (χ0n) is 7.04. The molecule has 0 heterocycles. The van der Waals surface area contributed by atoms with Gasteiger partial charge in [0.15, 0.2) is 0 Å². The van der Waals surface area contributed by atoms with E-state index in [0.717, 1.165) is 5.56 Å². The number of anilines is 1. The molecule has 13 heavy (non-hydrogen) atoms. The van der Waals surface area contributed by atoms with Crippen molar-refractivity contribution in [2.45, 2.75) is 13.0 Å². The Bertz CT molecular complexity index is 266. The molecular weight excluding hydrogens is 176 g/mol. The molecule has 0 aliphatic rings. The highest BCUT2D eigenvalue weighted by Gasteiger charge is 2.03. The van der Waals surface area contributed by atoms with Crippen LogP contribution in [-0.2, 0) is 11.3 Å². The number of para-hydroxylation sites is 1. The predicted octanol–water partition coefficient (Wildman–Crippen LogP) is 2.05. The van der Waals surface area contributed by atoms with Gasteiger partial charge in [-0.1, -0.05) is 18.2 Å². The maximum Gasteiger partial charge on any atom is 0.261 e. The van der Waals surface area contributed by atoms with Crippen LogP contribution in [-0.4, -0.2) is 13.0 Å². The van der Waals surface area contributed by atoms with E-state index in [9.17, 15) is 8.78 Å². The van der Waals surface area contributed by atoms with Crippen molar-refractivity contribution in [2.75, 3.05) is 12.3 Å². The fourth-order valence-corrected chi connectivity index (χ4v) is 0.924. The summed E-state index contributed by atoms with van der Waals surface area (Å²) in [6, 6.07) is 7.03. The molecule has 0 aliphatic carbocycles. The minimum Gasteiger partial charge on any atom is -0.398 e. The highest BCUT2D eigenvalue weighted by atomic mass is 19.3. The number of hydrogen-bond acceptors (Lipinski definition) is 2. The first-order valence-electron chi connectivity index (χ1n) is 3.89. The molecular formula is C9H11F2NO. The Morgan fingerprint density at radius 3 is 2.62 bits per heavy atom. The molecule has 1 aromatic carbocycles. The molecule has 1 aromatic rings. The minimum absolute atomic E-state index is 0.136. The Morgan fingerprint density at radius 2 is 2.00 bits per heavy atom. The van der Waals surface area contributed by atoms with Gasteiger partial charge in [0.25, 0.3) is 6.43 Å². The first-order chi connectivity index (χ1) is 6.20. The van der Waals surface area contributed by atoms with E-state index in [1.807, 2.05) is 0 Å². The Hall–Kier alpha value is -1.16. The molecule has 0 unspecified atom stereocenters. The van der Waals surface area contributed by atoms with E-state index >= 15 is 0 Å². The summed E-state index contributed by atoms with van der Waals surface area (Å²) < 4.78 is 28.1. The fourth-order valence-electron chi connectivity index (χ4n) is 0.924. The number of alkyl halides is 2. The molecule has 1 rings (SSSR count). The zero-order valence-corrected chi connectivity index (χ0v) is 7.04. The van der Waals surface area contributed by atoms with Gasteiger partial charge in [0.2, 0.25) is 0 Å². The number of hydrogen-bond donors (Lipinski definition) is 1. The summed E-state index contributed by atoms with van der Waals surface area (Å²) in [5.41, 5.74) is 6.88. The van der Waals surface area contributed by atoms with Crippen LogP contribution in [0, 0.1) is 0 Å². The molecule has 0 saturated heterocycles. The molecule has 72 valence electrons. The number of rotatable bonds is 4. The minimum atomic E-state index is -2.43. The van der Waals surface area contributed by atoms with Crippen LogP contribution in [0.3, 0.4) is 0 Å². The van der Waals surface area contributed by atoms with E-state index in [0.29, 0.717) is 5.69 Å². The number of nitrogens with two attached hydrogens (primary N) is 1. The van der Waals surface area contributed by atoms with Crippen molar-refractivity contribution in [2.24, 2.45) is 0 Å². The van der Waals surface area contributed by atoms with Gasteiger partial charge in [-0.25, -0.2) is 8.78 Å². The van der Waals surface area contributed by atoms with E-state index in [-0.39, 0.29) is 6.61 Å². The maximum absolute atomic E-state index is 11.7. The smallest absolute Gasteiger partial charge is 0.261 e. The van der Waals surface area contributed by atoms with E-state index in [1.54, 1.807) is 24.3 Å². The third kappa shape index (κ3) is 3.38. The maximum atomic E-state index is 11.7. The summed E-state index contributed by atoms with van der Waals surface area (Å²) >= 11 is 0. The summed E-state index contributed by atoms with van der Waals surface area (Å²) in [5, 5.41) is 0. The first kappa shape index (κ1) is 9.92. The van der Waals surface area contributed by atoms with Crippen molar-refractivity contribution in [3.63, 3.8) is 0 Å². The zero-order chi connectivity index (χ0) is 9.68. The second-order valence-electron chi connectivity index (χ2n) is 2.61. The average molecular weight is 187 g/mol. The van der Waals surface area contributed by atoms with E-state index in [2.05, 4.69) is 0 Å². The quantitative estimate of drug-likeness (QED) is 0.732. The van der Waals surface area contributed by atoms with Crippen LogP contribution in [0.15, 0.2) is 24.3 Å². The standard InChI is InChI=1S/C9H11F2NO/c10-9(11)6-13-5-7-3-1-2-4-8(7)12/h1-4,9H,5-6,12H2. The van der Waals surface area contributed by atoms with Gasteiger partial charge in [0.1, 0.15) is 6.61 Å². The number of benzene rings is 1. The van der Waals surface area contributed by atoms with Crippen molar-refractivity contribution < 1.29 is 13.5 Å².